The monoisotopic (exact) mass is 347 g/mol. The van der Waals surface area contributed by atoms with Crippen LogP contribution in [0.5, 0.6) is 0 Å². The van der Waals surface area contributed by atoms with Crippen LogP contribution >= 0.6 is 0 Å². The number of pyridine rings is 1. The molecule has 2 fully saturated rings. The number of aromatic nitrogens is 1. The van der Waals surface area contributed by atoms with E-state index in [-0.39, 0.29) is 0 Å². The summed E-state index contributed by atoms with van der Waals surface area (Å²) in [5.41, 5.74) is 3.61. The van der Waals surface area contributed by atoms with Crippen molar-refractivity contribution in [3.05, 3.63) is 22.9 Å². The van der Waals surface area contributed by atoms with Crippen LogP contribution in [0.4, 0.5) is 5.82 Å². The predicted molar refractivity (Wildman–Crippen MR) is 96.0 cm³/mol. The summed E-state index contributed by atoms with van der Waals surface area (Å²) in [7, 11) is 3.37. The minimum absolute atomic E-state index is 0.401. The lowest BCUT2D eigenvalue weighted by Gasteiger charge is -2.42. The minimum atomic E-state index is -0.401. The molecule has 1 aromatic rings. The van der Waals surface area contributed by atoms with Crippen LogP contribution in [0.25, 0.3) is 0 Å². The number of hydrogen-bond acceptors (Lipinski definition) is 6. The van der Waals surface area contributed by atoms with Gasteiger partial charge in [-0.2, -0.15) is 0 Å². The van der Waals surface area contributed by atoms with Crippen molar-refractivity contribution in [1.82, 2.24) is 9.88 Å². The summed E-state index contributed by atoms with van der Waals surface area (Å²) in [5.74, 6) is 1.54. The Morgan fingerprint density at radius 1 is 1.24 bits per heavy atom. The molecule has 2 saturated heterocycles. The van der Waals surface area contributed by atoms with Gasteiger partial charge in [-0.3, -0.25) is 4.90 Å². The standard InChI is InChI=1S/C19H29N3O3/c1-23-19(24-2)17-16(10-14-4-3-7-20-18(14)21-17)13-5-8-22(9-6-13)15-11-25-12-15/h10,13,15,19H,3-9,11-12H2,1-2H3,(H,20,21). The first kappa shape index (κ1) is 17.2. The Labute approximate surface area is 149 Å². The molecule has 1 N–H and O–H groups in total. The molecule has 0 radical (unpaired) electrons. The fourth-order valence-corrected chi connectivity index (χ4v) is 4.26. The number of piperidine rings is 1. The van der Waals surface area contributed by atoms with Crippen molar-refractivity contribution in [1.29, 1.82) is 0 Å². The Kier molecular flexibility index (Phi) is 5.22. The Morgan fingerprint density at radius 2 is 2.00 bits per heavy atom. The van der Waals surface area contributed by atoms with Crippen LogP contribution in [0.2, 0.25) is 0 Å². The third kappa shape index (κ3) is 3.40. The van der Waals surface area contributed by atoms with E-state index in [1.807, 2.05) is 0 Å². The highest BCUT2D eigenvalue weighted by Crippen LogP contribution is 2.37. The summed E-state index contributed by atoms with van der Waals surface area (Å²) in [6, 6.07) is 3.00. The van der Waals surface area contributed by atoms with Gasteiger partial charge in [-0.1, -0.05) is 0 Å². The first-order chi connectivity index (χ1) is 12.3. The van der Waals surface area contributed by atoms with Crippen molar-refractivity contribution < 1.29 is 14.2 Å². The maximum Gasteiger partial charge on any atom is 0.200 e. The Balaban J connectivity index is 1.58. The van der Waals surface area contributed by atoms with Gasteiger partial charge in [0, 0.05) is 20.8 Å². The molecular weight excluding hydrogens is 318 g/mol. The van der Waals surface area contributed by atoms with Gasteiger partial charge >= 0.3 is 0 Å². The van der Waals surface area contributed by atoms with Crippen LogP contribution < -0.4 is 5.32 Å². The average Bonchev–Trinajstić information content (AvgIpc) is 2.61. The molecule has 3 aliphatic rings. The number of rotatable bonds is 5. The molecule has 0 bridgehead atoms. The zero-order chi connectivity index (χ0) is 17.2. The highest BCUT2D eigenvalue weighted by Gasteiger charge is 2.32. The van der Waals surface area contributed by atoms with Crippen molar-refractivity contribution in [2.75, 3.05) is 52.4 Å². The van der Waals surface area contributed by atoms with Crippen molar-refractivity contribution >= 4 is 5.82 Å². The van der Waals surface area contributed by atoms with E-state index in [1.54, 1.807) is 14.2 Å². The van der Waals surface area contributed by atoms with Gasteiger partial charge in [0.05, 0.1) is 19.3 Å². The summed E-state index contributed by atoms with van der Waals surface area (Å²) in [6.45, 7) is 5.07. The Bertz CT molecular complexity index is 594. The fourth-order valence-electron chi connectivity index (χ4n) is 4.26. The summed E-state index contributed by atoms with van der Waals surface area (Å²) in [4.78, 5) is 7.50. The van der Waals surface area contributed by atoms with Gasteiger partial charge in [0.2, 0.25) is 6.29 Å². The van der Waals surface area contributed by atoms with E-state index < -0.39 is 6.29 Å². The summed E-state index contributed by atoms with van der Waals surface area (Å²) in [6.07, 6.45) is 4.20. The van der Waals surface area contributed by atoms with Crippen LogP contribution in [0, 0.1) is 0 Å². The number of hydrogen-bond donors (Lipinski definition) is 1. The van der Waals surface area contributed by atoms with E-state index in [2.05, 4.69) is 16.3 Å². The van der Waals surface area contributed by atoms with E-state index in [0.29, 0.717) is 12.0 Å². The normalized spacial score (nSPS) is 22.5. The second-order valence-electron chi connectivity index (χ2n) is 7.31. The molecule has 138 valence electrons. The molecule has 0 aliphatic carbocycles. The van der Waals surface area contributed by atoms with Gasteiger partial charge in [-0.05, 0) is 61.9 Å². The van der Waals surface area contributed by atoms with Gasteiger partial charge in [-0.25, -0.2) is 4.98 Å². The molecule has 25 heavy (non-hydrogen) atoms. The predicted octanol–water partition coefficient (Wildman–Crippen LogP) is 2.31. The van der Waals surface area contributed by atoms with Crippen molar-refractivity contribution in [3.8, 4) is 0 Å². The first-order valence-electron chi connectivity index (χ1n) is 9.45. The van der Waals surface area contributed by atoms with E-state index in [9.17, 15) is 0 Å². The largest absolute Gasteiger partial charge is 0.378 e. The lowest BCUT2D eigenvalue weighted by molar-refractivity contribution is -0.109. The minimum Gasteiger partial charge on any atom is -0.378 e. The quantitative estimate of drug-likeness (QED) is 0.825. The second kappa shape index (κ2) is 7.58. The fraction of sp³-hybridized carbons (Fsp3) is 0.737. The van der Waals surface area contributed by atoms with Crippen LogP contribution in [0.15, 0.2) is 6.07 Å². The number of aryl methyl sites for hydroxylation is 1. The molecule has 6 nitrogen and oxygen atoms in total. The van der Waals surface area contributed by atoms with E-state index in [1.165, 1.54) is 17.5 Å². The maximum absolute atomic E-state index is 5.55. The average molecular weight is 347 g/mol. The molecule has 0 spiro atoms. The van der Waals surface area contributed by atoms with Gasteiger partial charge in [0.15, 0.2) is 0 Å². The zero-order valence-electron chi connectivity index (χ0n) is 15.3. The van der Waals surface area contributed by atoms with Gasteiger partial charge < -0.3 is 19.5 Å². The molecule has 6 heteroatoms. The number of fused-ring (bicyclic) bond motifs is 1. The van der Waals surface area contributed by atoms with Crippen LogP contribution in [0.1, 0.15) is 48.3 Å². The van der Waals surface area contributed by atoms with E-state index >= 15 is 0 Å². The summed E-state index contributed by atoms with van der Waals surface area (Å²) >= 11 is 0. The Morgan fingerprint density at radius 3 is 2.64 bits per heavy atom. The topological polar surface area (TPSA) is 55.9 Å². The van der Waals surface area contributed by atoms with Crippen LogP contribution in [0.3, 0.4) is 0 Å². The van der Waals surface area contributed by atoms with Crippen molar-refractivity contribution in [2.24, 2.45) is 0 Å². The molecule has 4 rings (SSSR count). The third-order valence-electron chi connectivity index (χ3n) is 5.83. The van der Waals surface area contributed by atoms with Crippen LogP contribution in [-0.2, 0) is 20.6 Å². The molecule has 0 atom stereocenters. The van der Waals surface area contributed by atoms with Gasteiger partial charge in [0.25, 0.3) is 0 Å². The molecule has 4 heterocycles. The van der Waals surface area contributed by atoms with Gasteiger partial charge in [-0.15, -0.1) is 0 Å². The highest BCUT2D eigenvalue weighted by atomic mass is 16.7. The smallest absolute Gasteiger partial charge is 0.200 e. The van der Waals surface area contributed by atoms with Crippen molar-refractivity contribution in [2.45, 2.75) is 43.9 Å². The zero-order valence-corrected chi connectivity index (χ0v) is 15.3. The Hall–Kier alpha value is -1.21. The lowest BCUT2D eigenvalue weighted by Crippen LogP contribution is -2.51. The number of anilines is 1. The number of nitrogens with one attached hydrogen (secondary N) is 1. The number of likely N-dealkylation sites (tertiary alicyclic amines) is 1. The summed E-state index contributed by atoms with van der Waals surface area (Å²) in [5, 5.41) is 3.43. The van der Waals surface area contributed by atoms with E-state index in [0.717, 1.165) is 63.6 Å². The highest BCUT2D eigenvalue weighted by molar-refractivity contribution is 5.50. The second-order valence-corrected chi connectivity index (χ2v) is 7.31. The van der Waals surface area contributed by atoms with E-state index in [4.69, 9.17) is 19.2 Å². The molecule has 0 amide bonds. The van der Waals surface area contributed by atoms with Crippen molar-refractivity contribution in [3.63, 3.8) is 0 Å². The maximum atomic E-state index is 5.55. The third-order valence-corrected chi connectivity index (χ3v) is 5.83. The molecule has 3 aliphatic heterocycles. The lowest BCUT2D eigenvalue weighted by atomic mass is 9.86. The molecule has 0 unspecified atom stereocenters. The molecule has 0 aromatic carbocycles. The van der Waals surface area contributed by atoms with Crippen LogP contribution in [-0.4, -0.2) is 63.0 Å². The number of methoxy groups -OCH3 is 2. The number of nitrogens with zero attached hydrogens (tertiary/aromatic N) is 2. The molecular formula is C19H29N3O3. The first-order valence-corrected chi connectivity index (χ1v) is 9.45. The molecule has 0 saturated carbocycles. The van der Waals surface area contributed by atoms with Gasteiger partial charge in [0.1, 0.15) is 11.5 Å². The summed E-state index contributed by atoms with van der Waals surface area (Å²) < 4.78 is 16.5. The molecule has 1 aromatic heterocycles. The SMILES string of the molecule is COC(OC)c1nc2c(cc1C1CCN(C3COC3)CC1)CCCN2. The number of ether oxygens (including phenoxy) is 3.